The van der Waals surface area contributed by atoms with E-state index in [0.29, 0.717) is 23.3 Å². The number of carbonyl (C=O) groups is 2. The van der Waals surface area contributed by atoms with Crippen molar-refractivity contribution >= 4 is 12.3 Å². The van der Waals surface area contributed by atoms with Crippen LogP contribution in [0.25, 0.3) is 0 Å². The SMILES string of the molecule is COc1cc(C=O)ccc1OC(=O)COc1c(C)cccc1C. The number of ether oxygens (including phenoxy) is 3. The van der Waals surface area contributed by atoms with Crippen molar-refractivity contribution in [3.63, 3.8) is 0 Å². The van der Waals surface area contributed by atoms with Crippen molar-refractivity contribution in [2.45, 2.75) is 13.8 Å². The fraction of sp³-hybridized carbons (Fsp3) is 0.222. The third-order valence-electron chi connectivity index (χ3n) is 3.29. The Labute approximate surface area is 134 Å². The van der Waals surface area contributed by atoms with Gasteiger partial charge in [-0.15, -0.1) is 0 Å². The van der Waals surface area contributed by atoms with Crippen molar-refractivity contribution in [3.05, 3.63) is 53.1 Å². The number of hydrogen-bond donors (Lipinski definition) is 0. The lowest BCUT2D eigenvalue weighted by Crippen LogP contribution is -2.18. The first-order chi connectivity index (χ1) is 11.0. The standard InChI is InChI=1S/C18H18O5/c1-12-5-4-6-13(2)18(12)22-11-17(20)23-15-8-7-14(10-19)9-16(15)21-3/h4-10H,11H2,1-3H3. The molecule has 0 atom stereocenters. The van der Waals surface area contributed by atoms with Gasteiger partial charge in [-0.1, -0.05) is 18.2 Å². The number of rotatable bonds is 6. The summed E-state index contributed by atoms with van der Waals surface area (Å²) >= 11 is 0. The average Bonchev–Trinajstić information content (AvgIpc) is 2.54. The van der Waals surface area contributed by atoms with Crippen LogP contribution in [0.4, 0.5) is 0 Å². The van der Waals surface area contributed by atoms with Crippen LogP contribution in [0.5, 0.6) is 17.2 Å². The van der Waals surface area contributed by atoms with Crippen molar-refractivity contribution in [2.75, 3.05) is 13.7 Å². The van der Waals surface area contributed by atoms with Crippen molar-refractivity contribution in [3.8, 4) is 17.2 Å². The van der Waals surface area contributed by atoms with Crippen molar-refractivity contribution in [2.24, 2.45) is 0 Å². The van der Waals surface area contributed by atoms with Crippen LogP contribution in [0.2, 0.25) is 0 Å². The first-order valence-electron chi connectivity index (χ1n) is 7.08. The smallest absolute Gasteiger partial charge is 0.349 e. The Morgan fingerprint density at radius 1 is 1.09 bits per heavy atom. The lowest BCUT2D eigenvalue weighted by Gasteiger charge is -2.12. The zero-order chi connectivity index (χ0) is 16.8. The second kappa shape index (κ2) is 7.45. The molecule has 2 rings (SSSR count). The lowest BCUT2D eigenvalue weighted by molar-refractivity contribution is -0.136. The van der Waals surface area contributed by atoms with E-state index in [2.05, 4.69) is 0 Å². The number of esters is 1. The number of para-hydroxylation sites is 1. The number of hydrogen-bond acceptors (Lipinski definition) is 5. The molecule has 0 aliphatic heterocycles. The van der Waals surface area contributed by atoms with Crippen LogP contribution >= 0.6 is 0 Å². The second-order valence-corrected chi connectivity index (χ2v) is 5.01. The molecule has 0 radical (unpaired) electrons. The highest BCUT2D eigenvalue weighted by atomic mass is 16.6. The molecular weight excluding hydrogens is 296 g/mol. The van der Waals surface area contributed by atoms with Gasteiger partial charge < -0.3 is 14.2 Å². The Morgan fingerprint density at radius 2 is 1.78 bits per heavy atom. The maximum atomic E-state index is 12.0. The van der Waals surface area contributed by atoms with Gasteiger partial charge in [-0.2, -0.15) is 0 Å². The molecule has 0 aromatic heterocycles. The molecule has 23 heavy (non-hydrogen) atoms. The summed E-state index contributed by atoms with van der Waals surface area (Å²) in [7, 11) is 1.44. The topological polar surface area (TPSA) is 61.8 Å². The van der Waals surface area contributed by atoms with E-state index < -0.39 is 5.97 Å². The van der Waals surface area contributed by atoms with Crippen LogP contribution in [0.3, 0.4) is 0 Å². The van der Waals surface area contributed by atoms with Gasteiger partial charge in [0.05, 0.1) is 7.11 Å². The second-order valence-electron chi connectivity index (χ2n) is 5.01. The highest BCUT2D eigenvalue weighted by Crippen LogP contribution is 2.28. The quantitative estimate of drug-likeness (QED) is 0.466. The molecule has 0 heterocycles. The monoisotopic (exact) mass is 314 g/mol. The third-order valence-corrected chi connectivity index (χ3v) is 3.29. The van der Waals surface area contributed by atoms with Gasteiger partial charge >= 0.3 is 5.97 Å². The fourth-order valence-electron chi connectivity index (χ4n) is 2.15. The summed E-state index contributed by atoms with van der Waals surface area (Å²) in [5.74, 6) is 0.681. The first-order valence-corrected chi connectivity index (χ1v) is 7.08. The summed E-state index contributed by atoms with van der Waals surface area (Å²) in [6, 6.07) is 10.3. The number of aryl methyl sites for hydroxylation is 2. The van der Waals surface area contributed by atoms with Gasteiger partial charge in [0.2, 0.25) is 0 Å². The van der Waals surface area contributed by atoms with Crippen LogP contribution in [-0.4, -0.2) is 26.0 Å². The van der Waals surface area contributed by atoms with Crippen LogP contribution in [0, 0.1) is 13.8 Å². The van der Waals surface area contributed by atoms with Crippen molar-refractivity contribution in [1.82, 2.24) is 0 Å². The minimum absolute atomic E-state index is 0.218. The number of carbonyl (C=O) groups excluding carboxylic acids is 2. The largest absolute Gasteiger partial charge is 0.493 e. The van der Waals surface area contributed by atoms with E-state index in [0.717, 1.165) is 11.1 Å². The van der Waals surface area contributed by atoms with Crippen LogP contribution in [-0.2, 0) is 4.79 Å². The Morgan fingerprint density at radius 3 is 2.39 bits per heavy atom. The highest BCUT2D eigenvalue weighted by molar-refractivity contribution is 5.78. The Kier molecular flexibility index (Phi) is 5.36. The fourth-order valence-corrected chi connectivity index (χ4v) is 2.15. The van der Waals surface area contributed by atoms with Gasteiger partial charge in [0.15, 0.2) is 18.1 Å². The molecule has 0 saturated carbocycles. The summed E-state index contributed by atoms with van der Waals surface area (Å²) in [4.78, 5) is 22.7. The minimum atomic E-state index is -0.551. The molecule has 0 bridgehead atoms. The lowest BCUT2D eigenvalue weighted by atomic mass is 10.1. The Balaban J connectivity index is 2.04. The number of benzene rings is 2. The van der Waals surface area contributed by atoms with E-state index >= 15 is 0 Å². The molecule has 0 N–H and O–H groups in total. The van der Waals surface area contributed by atoms with Gasteiger partial charge in [0.1, 0.15) is 12.0 Å². The third kappa shape index (κ3) is 4.10. The molecule has 0 aliphatic rings. The van der Waals surface area contributed by atoms with Gasteiger partial charge in [-0.25, -0.2) is 4.79 Å². The molecule has 0 fully saturated rings. The van der Waals surface area contributed by atoms with Crippen LogP contribution in [0.1, 0.15) is 21.5 Å². The molecule has 0 unspecified atom stereocenters. The van der Waals surface area contributed by atoms with Gasteiger partial charge in [0, 0.05) is 5.56 Å². The zero-order valence-electron chi connectivity index (χ0n) is 13.3. The summed E-state index contributed by atoms with van der Waals surface area (Å²) in [6.45, 7) is 3.61. The normalized spacial score (nSPS) is 10.0. The number of aldehydes is 1. The van der Waals surface area contributed by atoms with E-state index in [-0.39, 0.29) is 12.4 Å². The molecule has 0 amide bonds. The molecule has 2 aromatic carbocycles. The molecule has 5 heteroatoms. The van der Waals surface area contributed by atoms with Gasteiger partial charge in [-0.3, -0.25) is 4.79 Å². The zero-order valence-corrected chi connectivity index (χ0v) is 13.3. The molecule has 2 aromatic rings. The van der Waals surface area contributed by atoms with Crippen LogP contribution in [0.15, 0.2) is 36.4 Å². The molecule has 0 saturated heterocycles. The predicted octanol–water partition coefficient (Wildman–Crippen LogP) is 3.11. The van der Waals surface area contributed by atoms with Gasteiger partial charge in [-0.05, 0) is 43.2 Å². The van der Waals surface area contributed by atoms with Crippen molar-refractivity contribution in [1.29, 1.82) is 0 Å². The molecule has 120 valence electrons. The van der Waals surface area contributed by atoms with Crippen LogP contribution < -0.4 is 14.2 Å². The van der Waals surface area contributed by atoms with Crippen molar-refractivity contribution < 1.29 is 23.8 Å². The summed E-state index contributed by atoms with van der Waals surface area (Å²) < 4.78 is 15.9. The summed E-state index contributed by atoms with van der Waals surface area (Å²) in [5.41, 5.74) is 2.34. The maximum absolute atomic E-state index is 12.0. The van der Waals surface area contributed by atoms with E-state index in [9.17, 15) is 9.59 Å². The van der Waals surface area contributed by atoms with E-state index in [1.54, 1.807) is 6.07 Å². The number of methoxy groups -OCH3 is 1. The molecule has 5 nitrogen and oxygen atoms in total. The first kappa shape index (κ1) is 16.5. The van der Waals surface area contributed by atoms with Gasteiger partial charge in [0.25, 0.3) is 0 Å². The summed E-state index contributed by atoms with van der Waals surface area (Å²) in [6.07, 6.45) is 0.693. The highest BCUT2D eigenvalue weighted by Gasteiger charge is 2.13. The molecule has 0 aliphatic carbocycles. The van der Waals surface area contributed by atoms with E-state index in [4.69, 9.17) is 14.2 Å². The molecule has 0 spiro atoms. The Bertz CT molecular complexity index is 701. The minimum Gasteiger partial charge on any atom is -0.493 e. The Hall–Kier alpha value is -2.82. The summed E-state index contributed by atoms with van der Waals surface area (Å²) in [5, 5.41) is 0. The maximum Gasteiger partial charge on any atom is 0.349 e. The van der Waals surface area contributed by atoms with E-state index in [1.165, 1.54) is 19.2 Å². The average molecular weight is 314 g/mol. The predicted molar refractivity (Wildman–Crippen MR) is 85.4 cm³/mol. The van der Waals surface area contributed by atoms with E-state index in [1.807, 2.05) is 32.0 Å². The molecular formula is C18H18O5.